The summed E-state index contributed by atoms with van der Waals surface area (Å²) < 4.78 is 7.51. The van der Waals surface area contributed by atoms with Crippen LogP contribution in [0.1, 0.15) is 24.0 Å². The van der Waals surface area contributed by atoms with E-state index in [0.717, 1.165) is 28.1 Å². The second kappa shape index (κ2) is 5.35. The fourth-order valence-electron chi connectivity index (χ4n) is 2.11. The summed E-state index contributed by atoms with van der Waals surface area (Å²) in [5.74, 6) is 0.833. The molecule has 2 rings (SSSR count). The second-order valence-corrected chi connectivity index (χ2v) is 4.99. The second-order valence-electron chi connectivity index (χ2n) is 4.63. The summed E-state index contributed by atoms with van der Waals surface area (Å²) in [6.45, 7) is 7.06. The zero-order chi connectivity index (χ0) is 14.2. The molecule has 2 aromatic heterocycles. The van der Waals surface area contributed by atoms with Crippen molar-refractivity contribution >= 4 is 22.6 Å². The molecule has 0 saturated carbocycles. The number of fused-ring (bicyclic) bond motifs is 1. The highest BCUT2D eigenvalue weighted by atomic mass is 35.5. The largest absolute Gasteiger partial charge is 0.374 e. The Labute approximate surface area is 118 Å². The van der Waals surface area contributed by atoms with Crippen molar-refractivity contribution in [3.05, 3.63) is 22.2 Å². The average Bonchev–Trinajstić information content (AvgIpc) is 2.73. The van der Waals surface area contributed by atoms with Gasteiger partial charge in [0.2, 0.25) is 0 Å². The lowest BCUT2D eigenvalue weighted by Crippen LogP contribution is -2.27. The van der Waals surface area contributed by atoms with Gasteiger partial charge in [-0.25, -0.2) is 14.6 Å². The first-order valence-corrected chi connectivity index (χ1v) is 6.64. The monoisotopic (exact) mass is 282 g/mol. The fraction of sp³-hybridized carbons (Fsp3) is 0.538. The standard InChI is InChI=1S/C13H19ClN4O/c1-6-19-7-10-16-11-12(18(10)17(4)5)8(2)9(3)15-13(11)14/h6-7H2,1-5H3. The summed E-state index contributed by atoms with van der Waals surface area (Å²) in [5, 5.41) is 2.42. The molecule has 104 valence electrons. The van der Waals surface area contributed by atoms with Crippen molar-refractivity contribution in [3.8, 4) is 0 Å². The number of halogens is 1. The van der Waals surface area contributed by atoms with E-state index in [0.29, 0.717) is 18.4 Å². The van der Waals surface area contributed by atoms with Crippen molar-refractivity contribution < 1.29 is 4.74 Å². The van der Waals surface area contributed by atoms with E-state index >= 15 is 0 Å². The van der Waals surface area contributed by atoms with Crippen LogP contribution in [0.25, 0.3) is 11.0 Å². The van der Waals surface area contributed by atoms with E-state index in [-0.39, 0.29) is 0 Å². The highest BCUT2D eigenvalue weighted by molar-refractivity contribution is 6.33. The SMILES string of the molecule is CCOCc1nc2c(Cl)nc(C)c(C)c2n1N(C)C. The van der Waals surface area contributed by atoms with Crippen LogP contribution in [0.4, 0.5) is 0 Å². The molecule has 0 spiro atoms. The van der Waals surface area contributed by atoms with Gasteiger partial charge in [-0.3, -0.25) is 0 Å². The van der Waals surface area contributed by atoms with E-state index in [1.165, 1.54) is 0 Å². The van der Waals surface area contributed by atoms with Crippen LogP contribution in [0.5, 0.6) is 0 Å². The number of ether oxygens (including phenoxy) is 1. The first-order valence-electron chi connectivity index (χ1n) is 6.26. The van der Waals surface area contributed by atoms with Crippen molar-refractivity contribution in [2.75, 3.05) is 25.7 Å². The topological polar surface area (TPSA) is 43.2 Å². The van der Waals surface area contributed by atoms with Crippen molar-refractivity contribution in [1.29, 1.82) is 0 Å². The molecule has 0 aliphatic heterocycles. The van der Waals surface area contributed by atoms with Gasteiger partial charge in [-0.15, -0.1) is 0 Å². The van der Waals surface area contributed by atoms with Crippen molar-refractivity contribution in [3.63, 3.8) is 0 Å². The molecule has 0 radical (unpaired) electrons. The molecule has 0 aliphatic rings. The number of pyridine rings is 1. The number of aryl methyl sites for hydroxylation is 2. The first-order chi connectivity index (χ1) is 8.97. The summed E-state index contributed by atoms with van der Waals surface area (Å²) in [6.07, 6.45) is 0. The molecular weight excluding hydrogens is 264 g/mol. The Kier molecular flexibility index (Phi) is 3.96. The number of nitrogens with zero attached hydrogens (tertiary/aromatic N) is 4. The van der Waals surface area contributed by atoms with Crippen LogP contribution in [0, 0.1) is 13.8 Å². The number of imidazole rings is 1. The molecule has 0 amide bonds. The lowest BCUT2D eigenvalue weighted by atomic mass is 10.2. The smallest absolute Gasteiger partial charge is 0.157 e. The van der Waals surface area contributed by atoms with E-state index < -0.39 is 0 Å². The molecule has 0 aromatic carbocycles. The predicted octanol–water partition coefficient (Wildman–Crippen LogP) is 2.44. The third-order valence-electron chi connectivity index (χ3n) is 3.12. The molecule has 6 heteroatoms. The fourth-order valence-corrected chi connectivity index (χ4v) is 2.37. The van der Waals surface area contributed by atoms with Gasteiger partial charge in [-0.2, -0.15) is 0 Å². The maximum Gasteiger partial charge on any atom is 0.157 e. The molecule has 0 unspecified atom stereocenters. The lowest BCUT2D eigenvalue weighted by molar-refractivity contribution is 0.126. The average molecular weight is 283 g/mol. The van der Waals surface area contributed by atoms with E-state index in [1.807, 2.05) is 44.6 Å². The summed E-state index contributed by atoms with van der Waals surface area (Å²) >= 11 is 6.21. The molecule has 0 bridgehead atoms. The van der Waals surface area contributed by atoms with Crippen molar-refractivity contribution in [2.24, 2.45) is 0 Å². The maximum absolute atomic E-state index is 6.21. The van der Waals surface area contributed by atoms with Crippen LogP contribution in [0.3, 0.4) is 0 Å². The zero-order valence-electron chi connectivity index (χ0n) is 12.0. The van der Waals surface area contributed by atoms with Gasteiger partial charge in [0.25, 0.3) is 0 Å². The van der Waals surface area contributed by atoms with Gasteiger partial charge in [-0.05, 0) is 26.3 Å². The molecule has 2 heterocycles. The van der Waals surface area contributed by atoms with E-state index in [4.69, 9.17) is 16.3 Å². The van der Waals surface area contributed by atoms with Gasteiger partial charge < -0.3 is 9.75 Å². The van der Waals surface area contributed by atoms with E-state index in [9.17, 15) is 0 Å². The van der Waals surface area contributed by atoms with Crippen molar-refractivity contribution in [2.45, 2.75) is 27.4 Å². The van der Waals surface area contributed by atoms with Gasteiger partial charge in [0.1, 0.15) is 12.1 Å². The molecule has 0 N–H and O–H groups in total. The highest BCUT2D eigenvalue weighted by Crippen LogP contribution is 2.27. The first kappa shape index (κ1) is 14.1. The summed E-state index contributed by atoms with van der Waals surface area (Å²) in [7, 11) is 3.94. The van der Waals surface area contributed by atoms with Crippen molar-refractivity contribution in [1.82, 2.24) is 14.6 Å². The molecule has 0 aliphatic carbocycles. The number of rotatable bonds is 4. The Morgan fingerprint density at radius 2 is 1.95 bits per heavy atom. The molecule has 0 atom stereocenters. The Balaban J connectivity index is 2.74. The highest BCUT2D eigenvalue weighted by Gasteiger charge is 2.18. The van der Waals surface area contributed by atoms with E-state index in [1.54, 1.807) is 0 Å². The summed E-state index contributed by atoms with van der Waals surface area (Å²) in [6, 6.07) is 0. The Morgan fingerprint density at radius 1 is 1.26 bits per heavy atom. The van der Waals surface area contributed by atoms with Gasteiger partial charge in [0, 0.05) is 26.4 Å². The van der Waals surface area contributed by atoms with E-state index in [2.05, 4.69) is 9.97 Å². The molecule has 5 nitrogen and oxygen atoms in total. The molecule has 2 aromatic rings. The summed E-state index contributed by atoms with van der Waals surface area (Å²) in [4.78, 5) is 8.90. The predicted molar refractivity (Wildman–Crippen MR) is 77.4 cm³/mol. The lowest BCUT2D eigenvalue weighted by Gasteiger charge is -2.19. The van der Waals surface area contributed by atoms with Crippen LogP contribution in [-0.2, 0) is 11.3 Å². The minimum absolute atomic E-state index is 0.441. The van der Waals surface area contributed by atoms with Gasteiger partial charge in [0.15, 0.2) is 11.0 Å². The van der Waals surface area contributed by atoms with Gasteiger partial charge in [0.05, 0.1) is 5.52 Å². The molecule has 0 saturated heterocycles. The maximum atomic E-state index is 6.21. The molecule has 0 fully saturated rings. The van der Waals surface area contributed by atoms with Crippen LogP contribution >= 0.6 is 11.6 Å². The number of hydrogen-bond donors (Lipinski definition) is 0. The summed E-state index contributed by atoms with van der Waals surface area (Å²) in [5.41, 5.74) is 3.73. The number of aromatic nitrogens is 3. The normalized spacial score (nSPS) is 11.3. The Bertz CT molecular complexity index is 606. The Hall–Kier alpha value is -1.33. The van der Waals surface area contributed by atoms with Crippen LogP contribution < -0.4 is 5.01 Å². The minimum Gasteiger partial charge on any atom is -0.374 e. The number of hydrogen-bond acceptors (Lipinski definition) is 4. The van der Waals surface area contributed by atoms with Crippen LogP contribution in [0.2, 0.25) is 5.15 Å². The quantitative estimate of drug-likeness (QED) is 0.808. The Morgan fingerprint density at radius 3 is 2.53 bits per heavy atom. The van der Waals surface area contributed by atoms with Gasteiger partial charge in [-0.1, -0.05) is 11.6 Å². The van der Waals surface area contributed by atoms with Crippen LogP contribution in [-0.4, -0.2) is 35.3 Å². The minimum atomic E-state index is 0.441. The zero-order valence-corrected chi connectivity index (χ0v) is 12.7. The van der Waals surface area contributed by atoms with Gasteiger partial charge >= 0.3 is 0 Å². The third-order valence-corrected chi connectivity index (χ3v) is 3.38. The molecule has 19 heavy (non-hydrogen) atoms. The molecular formula is C13H19ClN4O. The van der Waals surface area contributed by atoms with Crippen LogP contribution in [0.15, 0.2) is 0 Å². The third kappa shape index (κ3) is 2.40.